The Bertz CT molecular complexity index is 600. The van der Waals surface area contributed by atoms with Crippen molar-refractivity contribution in [2.45, 2.75) is 19.3 Å². The highest BCUT2D eigenvalue weighted by molar-refractivity contribution is 5.92. The van der Waals surface area contributed by atoms with Gasteiger partial charge < -0.3 is 20.4 Å². The van der Waals surface area contributed by atoms with Gasteiger partial charge in [-0.05, 0) is 50.0 Å². The van der Waals surface area contributed by atoms with Gasteiger partial charge >= 0.3 is 0 Å². The highest BCUT2D eigenvalue weighted by atomic mass is 35.5. The number of benzene rings is 1. The summed E-state index contributed by atoms with van der Waals surface area (Å²) in [5, 5.41) is 6.06. The zero-order valence-electron chi connectivity index (χ0n) is 15.8. The molecular weight excluding hydrogens is 387 g/mol. The van der Waals surface area contributed by atoms with E-state index in [2.05, 4.69) is 22.6 Å². The standard InChI is InChI=1S/C19H28N4O2.2ClH/c1-22-8-10-23(11-9-22)19(25)12-15-4-6-17(7-5-15)21-18(24)14-20-13-16-2-3-16;;/h4-7,16,20H,2-3,8-14H2,1H3,(H,21,24);2*1H. The number of likely N-dealkylation sites (N-methyl/N-ethyl adjacent to an activating group) is 1. The summed E-state index contributed by atoms with van der Waals surface area (Å²) in [7, 11) is 2.08. The van der Waals surface area contributed by atoms with E-state index in [4.69, 9.17) is 0 Å². The van der Waals surface area contributed by atoms with Crippen molar-refractivity contribution in [2.24, 2.45) is 5.92 Å². The minimum Gasteiger partial charge on any atom is -0.340 e. The van der Waals surface area contributed by atoms with Crippen molar-refractivity contribution in [1.29, 1.82) is 0 Å². The molecule has 1 aromatic rings. The number of carbonyl (C=O) groups excluding carboxylic acids is 2. The first-order valence-electron chi connectivity index (χ1n) is 9.16. The van der Waals surface area contributed by atoms with Crippen molar-refractivity contribution in [1.82, 2.24) is 15.1 Å². The molecule has 1 heterocycles. The van der Waals surface area contributed by atoms with Crippen LogP contribution in [-0.2, 0) is 16.0 Å². The van der Waals surface area contributed by atoms with Gasteiger partial charge in [0.2, 0.25) is 11.8 Å². The highest BCUT2D eigenvalue weighted by Gasteiger charge is 2.21. The molecule has 1 aromatic carbocycles. The predicted octanol–water partition coefficient (Wildman–Crippen LogP) is 1.78. The highest BCUT2D eigenvalue weighted by Crippen LogP contribution is 2.27. The minimum atomic E-state index is -0.0260. The Morgan fingerprint density at radius 2 is 1.67 bits per heavy atom. The van der Waals surface area contributed by atoms with Gasteiger partial charge in [-0.3, -0.25) is 9.59 Å². The monoisotopic (exact) mass is 416 g/mol. The van der Waals surface area contributed by atoms with E-state index in [0.717, 1.165) is 49.9 Å². The van der Waals surface area contributed by atoms with Crippen LogP contribution in [0.15, 0.2) is 24.3 Å². The molecule has 1 saturated heterocycles. The maximum absolute atomic E-state index is 12.3. The second-order valence-electron chi connectivity index (χ2n) is 7.18. The summed E-state index contributed by atoms with van der Waals surface area (Å²) in [6, 6.07) is 7.57. The maximum Gasteiger partial charge on any atom is 0.238 e. The summed E-state index contributed by atoms with van der Waals surface area (Å²) >= 11 is 0. The van der Waals surface area contributed by atoms with E-state index in [9.17, 15) is 9.59 Å². The predicted molar refractivity (Wildman–Crippen MR) is 113 cm³/mol. The van der Waals surface area contributed by atoms with Crippen molar-refractivity contribution in [3.05, 3.63) is 29.8 Å². The van der Waals surface area contributed by atoms with E-state index in [1.807, 2.05) is 29.2 Å². The molecular formula is C19H30Cl2N4O2. The fourth-order valence-corrected chi connectivity index (χ4v) is 2.97. The minimum absolute atomic E-state index is 0. The second kappa shape index (κ2) is 11.5. The van der Waals surface area contributed by atoms with Crippen molar-refractivity contribution < 1.29 is 9.59 Å². The van der Waals surface area contributed by atoms with Crippen LogP contribution in [0.1, 0.15) is 18.4 Å². The largest absolute Gasteiger partial charge is 0.340 e. The second-order valence-corrected chi connectivity index (χ2v) is 7.18. The Morgan fingerprint density at radius 1 is 1.04 bits per heavy atom. The first-order valence-corrected chi connectivity index (χ1v) is 9.16. The Kier molecular flexibility index (Phi) is 10.1. The third-order valence-electron chi connectivity index (χ3n) is 4.86. The quantitative estimate of drug-likeness (QED) is 0.710. The van der Waals surface area contributed by atoms with Crippen molar-refractivity contribution in [3.8, 4) is 0 Å². The molecule has 27 heavy (non-hydrogen) atoms. The third kappa shape index (κ3) is 8.05. The van der Waals surface area contributed by atoms with Gasteiger partial charge in [-0.2, -0.15) is 0 Å². The smallest absolute Gasteiger partial charge is 0.238 e. The molecule has 2 fully saturated rings. The average molecular weight is 417 g/mol. The maximum atomic E-state index is 12.3. The van der Waals surface area contributed by atoms with Crippen LogP contribution >= 0.6 is 24.8 Å². The molecule has 6 nitrogen and oxygen atoms in total. The molecule has 1 saturated carbocycles. The van der Waals surface area contributed by atoms with Gasteiger partial charge in [-0.25, -0.2) is 0 Å². The van der Waals surface area contributed by atoms with E-state index >= 15 is 0 Å². The van der Waals surface area contributed by atoms with Crippen LogP contribution in [0.3, 0.4) is 0 Å². The number of amides is 2. The molecule has 1 aliphatic heterocycles. The number of nitrogens with zero attached hydrogens (tertiary/aromatic N) is 2. The lowest BCUT2D eigenvalue weighted by atomic mass is 10.1. The summed E-state index contributed by atoms with van der Waals surface area (Å²) < 4.78 is 0. The molecule has 0 unspecified atom stereocenters. The fourth-order valence-electron chi connectivity index (χ4n) is 2.97. The third-order valence-corrected chi connectivity index (χ3v) is 4.86. The molecule has 2 aliphatic rings. The summed E-state index contributed by atoms with van der Waals surface area (Å²) in [4.78, 5) is 28.4. The van der Waals surface area contributed by atoms with Crippen LogP contribution in [0.25, 0.3) is 0 Å². The van der Waals surface area contributed by atoms with E-state index in [0.29, 0.717) is 13.0 Å². The molecule has 2 amide bonds. The van der Waals surface area contributed by atoms with E-state index in [1.54, 1.807) is 0 Å². The normalized spacial score (nSPS) is 16.9. The number of anilines is 1. The molecule has 0 bridgehead atoms. The van der Waals surface area contributed by atoms with E-state index < -0.39 is 0 Å². The zero-order valence-corrected chi connectivity index (χ0v) is 17.4. The number of hydrogen-bond acceptors (Lipinski definition) is 4. The SMILES string of the molecule is CN1CCN(C(=O)Cc2ccc(NC(=O)CNCC3CC3)cc2)CC1.Cl.Cl. The number of halogens is 2. The van der Waals surface area contributed by atoms with Crippen LogP contribution in [0.5, 0.6) is 0 Å². The van der Waals surface area contributed by atoms with Crippen LogP contribution in [0.2, 0.25) is 0 Å². The topological polar surface area (TPSA) is 64.7 Å². The Hall–Kier alpha value is -1.34. The summed E-state index contributed by atoms with van der Waals surface area (Å²) in [6.07, 6.45) is 2.98. The van der Waals surface area contributed by atoms with Crippen LogP contribution in [0, 0.1) is 5.92 Å². The lowest BCUT2D eigenvalue weighted by molar-refractivity contribution is -0.132. The molecule has 2 N–H and O–H groups in total. The number of rotatable bonds is 7. The lowest BCUT2D eigenvalue weighted by Gasteiger charge is -2.32. The van der Waals surface area contributed by atoms with Gasteiger partial charge in [0.05, 0.1) is 13.0 Å². The molecule has 152 valence electrons. The van der Waals surface area contributed by atoms with Crippen molar-refractivity contribution in [3.63, 3.8) is 0 Å². The summed E-state index contributed by atoms with van der Waals surface area (Å²) in [5.41, 5.74) is 1.75. The Morgan fingerprint density at radius 3 is 2.26 bits per heavy atom. The molecule has 1 aliphatic carbocycles. The number of piperazine rings is 1. The van der Waals surface area contributed by atoms with Crippen molar-refractivity contribution >= 4 is 42.3 Å². The Balaban J connectivity index is 0.00000182. The van der Waals surface area contributed by atoms with Gasteiger partial charge in [-0.1, -0.05) is 12.1 Å². The van der Waals surface area contributed by atoms with E-state index in [-0.39, 0.29) is 36.6 Å². The van der Waals surface area contributed by atoms with Gasteiger partial charge in [0, 0.05) is 31.9 Å². The van der Waals surface area contributed by atoms with Gasteiger partial charge in [0.1, 0.15) is 0 Å². The van der Waals surface area contributed by atoms with Gasteiger partial charge in [0.25, 0.3) is 0 Å². The van der Waals surface area contributed by atoms with Crippen LogP contribution in [0.4, 0.5) is 5.69 Å². The molecule has 0 atom stereocenters. The molecule has 8 heteroatoms. The molecule has 3 rings (SSSR count). The van der Waals surface area contributed by atoms with Crippen molar-refractivity contribution in [2.75, 3.05) is 51.6 Å². The molecule has 0 radical (unpaired) electrons. The first kappa shape index (κ1) is 23.7. The van der Waals surface area contributed by atoms with Crippen LogP contribution in [-0.4, -0.2) is 67.9 Å². The number of nitrogens with one attached hydrogen (secondary N) is 2. The zero-order chi connectivity index (χ0) is 17.6. The lowest BCUT2D eigenvalue weighted by Crippen LogP contribution is -2.47. The number of hydrogen-bond donors (Lipinski definition) is 2. The average Bonchev–Trinajstić information content (AvgIpc) is 3.41. The summed E-state index contributed by atoms with van der Waals surface area (Å²) in [5.74, 6) is 0.918. The molecule has 0 aromatic heterocycles. The van der Waals surface area contributed by atoms with Crippen LogP contribution < -0.4 is 10.6 Å². The number of carbonyl (C=O) groups is 2. The fraction of sp³-hybridized carbons (Fsp3) is 0.579. The first-order chi connectivity index (χ1) is 12.1. The van der Waals surface area contributed by atoms with Gasteiger partial charge in [-0.15, -0.1) is 24.8 Å². The summed E-state index contributed by atoms with van der Waals surface area (Å²) in [6.45, 7) is 4.76. The van der Waals surface area contributed by atoms with Gasteiger partial charge in [0.15, 0.2) is 0 Å². The van der Waals surface area contributed by atoms with E-state index in [1.165, 1.54) is 12.8 Å². The Labute approximate surface area is 173 Å². The molecule has 0 spiro atoms.